The van der Waals surface area contributed by atoms with Crippen molar-refractivity contribution < 1.29 is 9.47 Å². The Morgan fingerprint density at radius 1 is 1.36 bits per heavy atom. The van der Waals surface area contributed by atoms with Crippen molar-refractivity contribution in [2.45, 2.75) is 26.5 Å². The van der Waals surface area contributed by atoms with Crippen LogP contribution in [0.25, 0.3) is 0 Å². The quantitative estimate of drug-likeness (QED) is 0.806. The minimum atomic E-state index is 0.137. The van der Waals surface area contributed by atoms with Gasteiger partial charge in [0.15, 0.2) is 0 Å². The monoisotopic (exact) mass is 340 g/mol. The van der Waals surface area contributed by atoms with Crippen molar-refractivity contribution in [3.8, 4) is 11.8 Å². The molecule has 1 aromatic heterocycles. The molecule has 2 heterocycles. The Labute approximate surface area is 148 Å². The molecule has 1 atom stereocenters. The number of hydrogen-bond donors (Lipinski definition) is 0. The number of ether oxygens (including phenoxy) is 2. The Bertz CT molecular complexity index is 750. The van der Waals surface area contributed by atoms with Crippen molar-refractivity contribution in [2.75, 3.05) is 32.8 Å². The smallest absolute Gasteiger partial charge is 0.137 e. The lowest BCUT2D eigenvalue weighted by atomic mass is 10.2. The van der Waals surface area contributed by atoms with E-state index in [1.807, 2.05) is 29.8 Å². The van der Waals surface area contributed by atoms with Gasteiger partial charge in [0.25, 0.3) is 0 Å². The van der Waals surface area contributed by atoms with E-state index in [2.05, 4.69) is 29.1 Å². The van der Waals surface area contributed by atoms with Gasteiger partial charge in [-0.25, -0.2) is 0 Å². The number of hydrogen-bond acceptors (Lipinski definition) is 5. The maximum atomic E-state index is 9.10. The SMILES string of the molecule is Cc1cc(C)n(C[C@@H]2CN(CCOc3ccccc3C#N)CCO2)n1. The molecule has 1 aliphatic rings. The second-order valence-corrected chi connectivity index (χ2v) is 6.36. The Morgan fingerprint density at radius 3 is 2.96 bits per heavy atom. The molecule has 6 heteroatoms. The normalized spacial score (nSPS) is 18.0. The average molecular weight is 340 g/mol. The summed E-state index contributed by atoms with van der Waals surface area (Å²) >= 11 is 0. The van der Waals surface area contributed by atoms with Crippen LogP contribution in [0.3, 0.4) is 0 Å². The molecular formula is C19H24N4O2. The lowest BCUT2D eigenvalue weighted by Crippen LogP contribution is -2.45. The zero-order valence-corrected chi connectivity index (χ0v) is 14.8. The van der Waals surface area contributed by atoms with Crippen molar-refractivity contribution >= 4 is 0 Å². The van der Waals surface area contributed by atoms with Gasteiger partial charge in [0, 0.05) is 25.3 Å². The van der Waals surface area contributed by atoms with Gasteiger partial charge in [0.05, 0.1) is 30.5 Å². The zero-order valence-electron chi connectivity index (χ0n) is 14.8. The second kappa shape index (κ2) is 8.15. The number of para-hydroxylation sites is 1. The molecule has 2 aromatic rings. The van der Waals surface area contributed by atoms with Crippen LogP contribution < -0.4 is 4.74 Å². The minimum absolute atomic E-state index is 0.137. The number of aryl methyl sites for hydroxylation is 2. The topological polar surface area (TPSA) is 63.3 Å². The molecule has 0 amide bonds. The number of benzene rings is 1. The highest BCUT2D eigenvalue weighted by atomic mass is 16.5. The molecule has 0 N–H and O–H groups in total. The van der Waals surface area contributed by atoms with Gasteiger partial charge in [-0.2, -0.15) is 10.4 Å². The summed E-state index contributed by atoms with van der Waals surface area (Å²) in [7, 11) is 0. The molecule has 6 nitrogen and oxygen atoms in total. The summed E-state index contributed by atoms with van der Waals surface area (Å²) in [5.41, 5.74) is 2.77. The van der Waals surface area contributed by atoms with Crippen molar-refractivity contribution in [3.63, 3.8) is 0 Å². The van der Waals surface area contributed by atoms with Crippen LogP contribution in [-0.4, -0.2) is 53.6 Å². The summed E-state index contributed by atoms with van der Waals surface area (Å²) in [6.45, 7) is 8.71. The molecule has 1 saturated heterocycles. The molecule has 0 spiro atoms. The lowest BCUT2D eigenvalue weighted by Gasteiger charge is -2.33. The third-order valence-corrected chi connectivity index (χ3v) is 4.38. The van der Waals surface area contributed by atoms with Gasteiger partial charge in [-0.1, -0.05) is 12.1 Å². The molecule has 3 rings (SSSR count). The second-order valence-electron chi connectivity index (χ2n) is 6.36. The Balaban J connectivity index is 1.49. The average Bonchev–Trinajstić information content (AvgIpc) is 2.93. The Morgan fingerprint density at radius 2 is 2.20 bits per heavy atom. The maximum Gasteiger partial charge on any atom is 0.137 e. The van der Waals surface area contributed by atoms with Gasteiger partial charge in [-0.05, 0) is 32.0 Å². The van der Waals surface area contributed by atoms with E-state index in [1.54, 1.807) is 6.07 Å². The largest absolute Gasteiger partial charge is 0.491 e. The van der Waals surface area contributed by atoms with E-state index in [-0.39, 0.29) is 6.10 Å². The molecule has 0 bridgehead atoms. The predicted molar refractivity (Wildman–Crippen MR) is 94.5 cm³/mol. The van der Waals surface area contributed by atoms with Crippen molar-refractivity contribution in [1.82, 2.24) is 14.7 Å². The van der Waals surface area contributed by atoms with Crippen LogP contribution in [0.5, 0.6) is 5.75 Å². The van der Waals surface area contributed by atoms with E-state index in [9.17, 15) is 0 Å². The van der Waals surface area contributed by atoms with E-state index in [0.29, 0.717) is 17.9 Å². The van der Waals surface area contributed by atoms with Crippen molar-refractivity contribution in [3.05, 3.63) is 47.3 Å². The van der Waals surface area contributed by atoms with Crippen LogP contribution in [0.2, 0.25) is 0 Å². The van der Waals surface area contributed by atoms with Crippen molar-refractivity contribution in [1.29, 1.82) is 5.26 Å². The van der Waals surface area contributed by atoms with E-state index in [0.717, 1.165) is 44.2 Å². The highest BCUT2D eigenvalue weighted by Gasteiger charge is 2.21. The van der Waals surface area contributed by atoms with Crippen LogP contribution in [0, 0.1) is 25.2 Å². The molecule has 1 aliphatic heterocycles. The van der Waals surface area contributed by atoms with Gasteiger partial charge in [0.1, 0.15) is 18.4 Å². The van der Waals surface area contributed by atoms with Crippen LogP contribution in [0.1, 0.15) is 17.0 Å². The van der Waals surface area contributed by atoms with Gasteiger partial charge in [0.2, 0.25) is 0 Å². The van der Waals surface area contributed by atoms with Crippen molar-refractivity contribution in [2.24, 2.45) is 0 Å². The van der Waals surface area contributed by atoms with Crippen LogP contribution in [0.4, 0.5) is 0 Å². The minimum Gasteiger partial charge on any atom is -0.491 e. The van der Waals surface area contributed by atoms with E-state index < -0.39 is 0 Å². The summed E-state index contributed by atoms with van der Waals surface area (Å²) in [6.07, 6.45) is 0.137. The number of rotatable bonds is 6. The summed E-state index contributed by atoms with van der Waals surface area (Å²) in [4.78, 5) is 2.34. The Hall–Kier alpha value is -2.36. The first kappa shape index (κ1) is 17.5. The summed E-state index contributed by atoms with van der Waals surface area (Å²) in [6, 6.07) is 11.6. The van der Waals surface area contributed by atoms with Gasteiger partial charge in [-0.3, -0.25) is 9.58 Å². The number of nitrogens with zero attached hydrogens (tertiary/aromatic N) is 4. The zero-order chi connectivity index (χ0) is 17.6. The molecule has 25 heavy (non-hydrogen) atoms. The Kier molecular flexibility index (Phi) is 5.69. The lowest BCUT2D eigenvalue weighted by molar-refractivity contribution is -0.0403. The molecule has 1 fully saturated rings. The summed E-state index contributed by atoms with van der Waals surface area (Å²) in [5, 5.41) is 13.6. The van der Waals surface area contributed by atoms with Gasteiger partial charge >= 0.3 is 0 Å². The van der Waals surface area contributed by atoms with E-state index in [4.69, 9.17) is 14.7 Å². The standard InChI is InChI=1S/C19H24N4O2/c1-15-11-16(2)23(21-15)14-18-13-22(7-9-24-18)8-10-25-19-6-4-3-5-17(19)12-20/h3-6,11,18H,7-10,13-14H2,1-2H3/t18-/m0/s1. The number of morpholine rings is 1. The maximum absolute atomic E-state index is 9.10. The molecule has 132 valence electrons. The molecule has 0 unspecified atom stereocenters. The van der Waals surface area contributed by atoms with Crippen LogP contribution >= 0.6 is 0 Å². The fraction of sp³-hybridized carbons (Fsp3) is 0.474. The highest BCUT2D eigenvalue weighted by Crippen LogP contribution is 2.16. The third kappa shape index (κ3) is 4.59. The molecular weight excluding hydrogens is 316 g/mol. The highest BCUT2D eigenvalue weighted by molar-refractivity contribution is 5.42. The van der Waals surface area contributed by atoms with Crippen LogP contribution in [-0.2, 0) is 11.3 Å². The molecule has 0 radical (unpaired) electrons. The fourth-order valence-corrected chi connectivity index (χ4v) is 3.12. The molecule has 0 saturated carbocycles. The first-order valence-electron chi connectivity index (χ1n) is 8.62. The predicted octanol–water partition coefficient (Wildman–Crippen LogP) is 2.15. The fourth-order valence-electron chi connectivity index (χ4n) is 3.12. The third-order valence-electron chi connectivity index (χ3n) is 4.38. The first-order valence-corrected chi connectivity index (χ1v) is 8.62. The first-order chi connectivity index (χ1) is 12.2. The van der Waals surface area contributed by atoms with Gasteiger partial charge < -0.3 is 9.47 Å². The summed E-state index contributed by atoms with van der Waals surface area (Å²) in [5.74, 6) is 0.650. The van der Waals surface area contributed by atoms with E-state index >= 15 is 0 Å². The summed E-state index contributed by atoms with van der Waals surface area (Å²) < 4.78 is 13.7. The van der Waals surface area contributed by atoms with Gasteiger partial charge in [-0.15, -0.1) is 0 Å². The molecule has 1 aromatic carbocycles. The van der Waals surface area contributed by atoms with Crippen LogP contribution in [0.15, 0.2) is 30.3 Å². The van der Waals surface area contributed by atoms with E-state index in [1.165, 1.54) is 0 Å². The number of nitriles is 1. The molecule has 0 aliphatic carbocycles. The number of aromatic nitrogens is 2.